The number of rotatable bonds is 4. The molecule has 1 heterocycles. The number of aliphatic carboxylic acids is 1. The van der Waals surface area contributed by atoms with E-state index in [1.165, 1.54) is 12.8 Å². The first-order valence-corrected chi connectivity index (χ1v) is 7.92. The summed E-state index contributed by atoms with van der Waals surface area (Å²) in [6, 6.07) is 1.05. The molecular formula is C15H24N2O3. The second kappa shape index (κ2) is 5.72. The van der Waals surface area contributed by atoms with Crippen molar-refractivity contribution in [1.82, 2.24) is 10.2 Å². The fourth-order valence-electron chi connectivity index (χ4n) is 3.73. The molecule has 3 aliphatic rings. The molecule has 3 rings (SSSR count). The minimum absolute atomic E-state index is 0.0280. The summed E-state index contributed by atoms with van der Waals surface area (Å²) < 4.78 is 0. The van der Waals surface area contributed by atoms with Crippen LogP contribution in [0.4, 0.5) is 0 Å². The van der Waals surface area contributed by atoms with E-state index in [0.29, 0.717) is 6.42 Å². The molecule has 1 saturated heterocycles. The second-order valence-electron chi connectivity index (χ2n) is 6.53. The standard InChI is InChI=1S/C15H24N2O3/c18-14(12-2-1-3-13(12)15(19)20)16-10-6-8-17(9-7-10)11-4-5-11/h10-13H,1-9H2,(H,16,18)(H,19,20)/t12-,13+/m1/s1. The van der Waals surface area contributed by atoms with Crippen molar-refractivity contribution in [3.63, 3.8) is 0 Å². The van der Waals surface area contributed by atoms with Gasteiger partial charge in [-0.2, -0.15) is 0 Å². The van der Waals surface area contributed by atoms with Gasteiger partial charge in [0.2, 0.25) is 5.91 Å². The molecule has 2 N–H and O–H groups in total. The van der Waals surface area contributed by atoms with Crippen LogP contribution in [-0.2, 0) is 9.59 Å². The Hall–Kier alpha value is -1.10. The van der Waals surface area contributed by atoms with Crippen molar-refractivity contribution in [2.75, 3.05) is 13.1 Å². The van der Waals surface area contributed by atoms with Gasteiger partial charge in [0.15, 0.2) is 0 Å². The molecule has 0 bridgehead atoms. The van der Waals surface area contributed by atoms with Crippen LogP contribution in [0.25, 0.3) is 0 Å². The maximum Gasteiger partial charge on any atom is 0.307 e. The predicted molar refractivity (Wildman–Crippen MR) is 74.2 cm³/mol. The van der Waals surface area contributed by atoms with Gasteiger partial charge in [-0.15, -0.1) is 0 Å². The smallest absolute Gasteiger partial charge is 0.307 e. The van der Waals surface area contributed by atoms with Gasteiger partial charge in [-0.1, -0.05) is 6.42 Å². The highest BCUT2D eigenvalue weighted by molar-refractivity contribution is 5.85. The van der Waals surface area contributed by atoms with E-state index in [2.05, 4.69) is 10.2 Å². The molecule has 1 amide bonds. The van der Waals surface area contributed by atoms with E-state index in [1.54, 1.807) is 0 Å². The number of hydrogen-bond donors (Lipinski definition) is 2. The number of carboxylic acid groups (broad SMARTS) is 1. The maximum atomic E-state index is 12.3. The molecule has 20 heavy (non-hydrogen) atoms. The number of amides is 1. The summed E-state index contributed by atoms with van der Waals surface area (Å²) in [6.45, 7) is 2.14. The van der Waals surface area contributed by atoms with Gasteiger partial charge in [0, 0.05) is 25.2 Å². The van der Waals surface area contributed by atoms with Gasteiger partial charge in [0.1, 0.15) is 0 Å². The Kier molecular flexibility index (Phi) is 3.96. The van der Waals surface area contributed by atoms with Crippen LogP contribution in [0.1, 0.15) is 44.9 Å². The van der Waals surface area contributed by atoms with Crippen LogP contribution in [0, 0.1) is 11.8 Å². The third-order valence-corrected chi connectivity index (χ3v) is 5.11. The van der Waals surface area contributed by atoms with Crippen molar-refractivity contribution in [3.8, 4) is 0 Å². The van der Waals surface area contributed by atoms with E-state index in [0.717, 1.165) is 44.8 Å². The zero-order valence-corrected chi connectivity index (χ0v) is 11.9. The average molecular weight is 280 g/mol. The SMILES string of the molecule is O=C(O)[C@H]1CCC[C@H]1C(=O)NC1CCN(C2CC2)CC1. The summed E-state index contributed by atoms with van der Waals surface area (Å²) in [7, 11) is 0. The number of hydrogen-bond acceptors (Lipinski definition) is 3. The first-order chi connectivity index (χ1) is 9.65. The Labute approximate surface area is 119 Å². The van der Waals surface area contributed by atoms with E-state index in [4.69, 9.17) is 5.11 Å². The lowest BCUT2D eigenvalue weighted by atomic mass is 9.94. The zero-order chi connectivity index (χ0) is 14.1. The van der Waals surface area contributed by atoms with Crippen molar-refractivity contribution in [2.45, 2.75) is 57.0 Å². The van der Waals surface area contributed by atoms with Crippen molar-refractivity contribution in [3.05, 3.63) is 0 Å². The lowest BCUT2D eigenvalue weighted by Crippen LogP contribution is -2.47. The van der Waals surface area contributed by atoms with Gasteiger partial charge in [-0.05, 0) is 38.5 Å². The highest BCUT2D eigenvalue weighted by Crippen LogP contribution is 2.33. The van der Waals surface area contributed by atoms with Crippen LogP contribution < -0.4 is 5.32 Å². The molecule has 5 heteroatoms. The monoisotopic (exact) mass is 280 g/mol. The fraction of sp³-hybridized carbons (Fsp3) is 0.867. The van der Waals surface area contributed by atoms with E-state index >= 15 is 0 Å². The normalized spacial score (nSPS) is 32.2. The molecule has 0 spiro atoms. The minimum Gasteiger partial charge on any atom is -0.481 e. The van der Waals surface area contributed by atoms with Crippen LogP contribution in [-0.4, -0.2) is 47.1 Å². The summed E-state index contributed by atoms with van der Waals surface area (Å²) >= 11 is 0. The van der Waals surface area contributed by atoms with Crippen molar-refractivity contribution < 1.29 is 14.7 Å². The first-order valence-electron chi connectivity index (χ1n) is 7.92. The van der Waals surface area contributed by atoms with E-state index in [-0.39, 0.29) is 17.9 Å². The topological polar surface area (TPSA) is 69.6 Å². The molecule has 3 fully saturated rings. The number of nitrogens with one attached hydrogen (secondary N) is 1. The van der Waals surface area contributed by atoms with Gasteiger partial charge in [0.05, 0.1) is 11.8 Å². The molecule has 1 aliphatic heterocycles. The van der Waals surface area contributed by atoms with Crippen LogP contribution in [0.3, 0.4) is 0 Å². The summed E-state index contributed by atoms with van der Waals surface area (Å²) in [5.41, 5.74) is 0. The van der Waals surface area contributed by atoms with E-state index in [9.17, 15) is 9.59 Å². The molecule has 0 aromatic carbocycles. The van der Waals surface area contributed by atoms with Crippen LogP contribution in [0.2, 0.25) is 0 Å². The summed E-state index contributed by atoms with van der Waals surface area (Å²) in [6.07, 6.45) is 6.91. The Morgan fingerprint density at radius 3 is 2.20 bits per heavy atom. The van der Waals surface area contributed by atoms with Gasteiger partial charge < -0.3 is 15.3 Å². The Morgan fingerprint density at radius 1 is 0.950 bits per heavy atom. The summed E-state index contributed by atoms with van der Waals surface area (Å²) in [5.74, 6) is -1.62. The minimum atomic E-state index is -0.814. The fourth-order valence-corrected chi connectivity index (χ4v) is 3.73. The van der Waals surface area contributed by atoms with Gasteiger partial charge >= 0.3 is 5.97 Å². The van der Waals surface area contributed by atoms with Gasteiger partial charge in [0.25, 0.3) is 0 Å². The molecule has 0 radical (unpaired) electrons. The van der Waals surface area contributed by atoms with E-state index < -0.39 is 11.9 Å². The zero-order valence-electron chi connectivity index (χ0n) is 11.9. The lowest BCUT2D eigenvalue weighted by molar-refractivity contribution is -0.146. The highest BCUT2D eigenvalue weighted by Gasteiger charge is 2.39. The molecular weight excluding hydrogens is 256 g/mol. The Balaban J connectivity index is 1.48. The van der Waals surface area contributed by atoms with Crippen LogP contribution >= 0.6 is 0 Å². The van der Waals surface area contributed by atoms with Crippen molar-refractivity contribution in [1.29, 1.82) is 0 Å². The Morgan fingerprint density at radius 2 is 1.60 bits per heavy atom. The molecule has 2 saturated carbocycles. The lowest BCUT2D eigenvalue weighted by Gasteiger charge is -2.33. The second-order valence-corrected chi connectivity index (χ2v) is 6.53. The molecule has 2 aliphatic carbocycles. The van der Waals surface area contributed by atoms with Crippen molar-refractivity contribution in [2.24, 2.45) is 11.8 Å². The molecule has 0 aromatic heterocycles. The quantitative estimate of drug-likeness (QED) is 0.812. The van der Waals surface area contributed by atoms with Crippen LogP contribution in [0.5, 0.6) is 0 Å². The third-order valence-electron chi connectivity index (χ3n) is 5.11. The number of piperidine rings is 1. The largest absolute Gasteiger partial charge is 0.481 e. The number of nitrogens with zero attached hydrogens (tertiary/aromatic N) is 1. The average Bonchev–Trinajstić information content (AvgIpc) is 3.15. The molecule has 0 aromatic rings. The number of carbonyl (C=O) groups excluding carboxylic acids is 1. The van der Waals surface area contributed by atoms with E-state index in [1.807, 2.05) is 0 Å². The number of carbonyl (C=O) groups is 2. The Bertz CT molecular complexity index is 387. The van der Waals surface area contributed by atoms with Crippen molar-refractivity contribution >= 4 is 11.9 Å². The maximum absolute atomic E-state index is 12.3. The molecule has 5 nitrogen and oxygen atoms in total. The number of likely N-dealkylation sites (tertiary alicyclic amines) is 1. The van der Waals surface area contributed by atoms with Gasteiger partial charge in [-0.25, -0.2) is 0 Å². The molecule has 2 atom stereocenters. The molecule has 112 valence electrons. The summed E-state index contributed by atoms with van der Waals surface area (Å²) in [5, 5.41) is 12.3. The predicted octanol–water partition coefficient (Wildman–Crippen LogP) is 1.23. The number of carboxylic acids is 1. The third kappa shape index (κ3) is 2.97. The summed E-state index contributed by atoms with van der Waals surface area (Å²) in [4.78, 5) is 25.9. The first kappa shape index (κ1) is 13.9. The molecule has 0 unspecified atom stereocenters. The highest BCUT2D eigenvalue weighted by atomic mass is 16.4. The van der Waals surface area contributed by atoms with Crippen LogP contribution in [0.15, 0.2) is 0 Å². The van der Waals surface area contributed by atoms with Gasteiger partial charge in [-0.3, -0.25) is 9.59 Å².